The first-order valence-corrected chi connectivity index (χ1v) is 9.21. The molecule has 1 saturated carbocycles. The Hall–Kier alpha value is -3.00. The number of aromatic nitrogens is 3. The molecule has 0 unspecified atom stereocenters. The molecule has 1 atom stereocenters. The molecule has 4 rings (SSSR count). The van der Waals surface area contributed by atoms with E-state index in [4.69, 9.17) is 11.6 Å². The summed E-state index contributed by atoms with van der Waals surface area (Å²) in [6, 6.07) is 5.47. The Bertz CT molecular complexity index is 1130. The molecule has 1 aliphatic rings. The van der Waals surface area contributed by atoms with Crippen LogP contribution in [0.15, 0.2) is 35.3 Å². The molecule has 1 aliphatic carbocycles. The van der Waals surface area contributed by atoms with Gasteiger partial charge in [-0.2, -0.15) is 4.98 Å². The molecular formula is C19H17ClFN5O2. The maximum absolute atomic E-state index is 13.6. The monoisotopic (exact) mass is 401 g/mol. The van der Waals surface area contributed by atoms with Gasteiger partial charge in [0.05, 0.1) is 16.6 Å². The maximum atomic E-state index is 13.6. The van der Waals surface area contributed by atoms with Crippen LogP contribution in [0.2, 0.25) is 5.02 Å². The van der Waals surface area contributed by atoms with Crippen molar-refractivity contribution in [2.75, 3.05) is 10.6 Å². The van der Waals surface area contributed by atoms with Gasteiger partial charge in [-0.05, 0) is 44.0 Å². The van der Waals surface area contributed by atoms with Crippen molar-refractivity contribution < 1.29 is 9.18 Å². The van der Waals surface area contributed by atoms with Crippen molar-refractivity contribution in [3.63, 3.8) is 0 Å². The summed E-state index contributed by atoms with van der Waals surface area (Å²) in [5.74, 6) is 0.0992. The van der Waals surface area contributed by atoms with Gasteiger partial charge in [-0.15, -0.1) is 0 Å². The molecular weight excluding hydrogens is 385 g/mol. The lowest BCUT2D eigenvalue weighted by atomic mass is 10.1. The van der Waals surface area contributed by atoms with E-state index in [9.17, 15) is 14.0 Å². The van der Waals surface area contributed by atoms with Gasteiger partial charge in [-0.25, -0.2) is 9.37 Å². The highest BCUT2D eigenvalue weighted by molar-refractivity contribution is 6.31. The summed E-state index contributed by atoms with van der Waals surface area (Å²) in [4.78, 5) is 35.3. The molecule has 1 amide bonds. The zero-order valence-corrected chi connectivity index (χ0v) is 15.7. The number of anilines is 2. The number of aromatic amines is 1. The number of fused-ring (bicyclic) bond motifs is 1. The first kappa shape index (κ1) is 18.4. The summed E-state index contributed by atoms with van der Waals surface area (Å²) in [5, 5.41) is 6.40. The molecule has 3 N–H and O–H groups in total. The summed E-state index contributed by atoms with van der Waals surface area (Å²) in [6.45, 7) is 1.78. The van der Waals surface area contributed by atoms with E-state index in [0.717, 1.165) is 12.8 Å². The van der Waals surface area contributed by atoms with Gasteiger partial charge in [0.1, 0.15) is 11.6 Å². The minimum atomic E-state index is -0.595. The Balaban J connectivity index is 1.57. The Morgan fingerprint density at radius 2 is 2.14 bits per heavy atom. The number of halogens is 2. The third-order valence-electron chi connectivity index (χ3n) is 4.58. The second-order valence-electron chi connectivity index (χ2n) is 6.80. The second kappa shape index (κ2) is 7.20. The first-order chi connectivity index (χ1) is 13.4. The minimum absolute atomic E-state index is 0.0199. The van der Waals surface area contributed by atoms with Crippen LogP contribution in [-0.4, -0.2) is 20.9 Å². The number of carbonyl (C=O) groups excluding carboxylic acids is 1. The Morgan fingerprint density at radius 3 is 2.89 bits per heavy atom. The Labute approximate surface area is 164 Å². The molecule has 144 valence electrons. The molecule has 7 nitrogen and oxygen atoms in total. The van der Waals surface area contributed by atoms with Crippen LogP contribution < -0.4 is 16.2 Å². The quantitative estimate of drug-likeness (QED) is 0.606. The Morgan fingerprint density at radius 1 is 1.36 bits per heavy atom. The third kappa shape index (κ3) is 3.82. The lowest BCUT2D eigenvalue weighted by Crippen LogP contribution is -2.21. The van der Waals surface area contributed by atoms with Gasteiger partial charge in [0.25, 0.3) is 5.56 Å². The molecule has 9 heteroatoms. The predicted molar refractivity (Wildman–Crippen MR) is 105 cm³/mol. The number of pyridine rings is 1. The highest BCUT2D eigenvalue weighted by Gasteiger charge is 2.29. The van der Waals surface area contributed by atoms with Gasteiger partial charge in [0.15, 0.2) is 0 Å². The van der Waals surface area contributed by atoms with Crippen LogP contribution in [-0.2, 0) is 4.79 Å². The summed E-state index contributed by atoms with van der Waals surface area (Å²) < 4.78 is 13.6. The van der Waals surface area contributed by atoms with Crippen LogP contribution in [0.5, 0.6) is 0 Å². The molecule has 0 radical (unpaired) electrons. The van der Waals surface area contributed by atoms with E-state index in [1.165, 1.54) is 18.3 Å². The molecule has 0 saturated heterocycles. The molecule has 0 aliphatic heterocycles. The zero-order chi connectivity index (χ0) is 19.8. The minimum Gasteiger partial charge on any atom is -0.347 e. The fourth-order valence-electron chi connectivity index (χ4n) is 2.88. The van der Waals surface area contributed by atoms with Crippen LogP contribution in [0.4, 0.5) is 16.2 Å². The molecule has 1 aromatic carbocycles. The maximum Gasteiger partial charge on any atom is 0.253 e. The number of amides is 1. The number of benzene rings is 1. The van der Waals surface area contributed by atoms with E-state index in [-0.39, 0.29) is 28.4 Å². The number of rotatable bonds is 5. The van der Waals surface area contributed by atoms with E-state index in [2.05, 4.69) is 25.6 Å². The van der Waals surface area contributed by atoms with Gasteiger partial charge in [-0.1, -0.05) is 11.6 Å². The molecule has 2 aromatic heterocycles. The van der Waals surface area contributed by atoms with Crippen molar-refractivity contribution in [3.05, 3.63) is 57.2 Å². The standard InChI is InChI=1S/C19H17ClFN5O2/c1-9(12-6-11-7-13(20)14(21)8-15(11)24-18(12)28)23-19-22-5-4-16(26-19)25-17(27)10-2-3-10/h4-10H,2-3H2,1H3,(H,24,28)(H2,22,23,25,26,27)/t9-/m0/s1. The largest absolute Gasteiger partial charge is 0.347 e. The predicted octanol–water partition coefficient (Wildman–Crippen LogP) is 3.63. The molecule has 28 heavy (non-hydrogen) atoms. The fourth-order valence-corrected chi connectivity index (χ4v) is 3.05. The summed E-state index contributed by atoms with van der Waals surface area (Å²) >= 11 is 5.84. The van der Waals surface area contributed by atoms with Gasteiger partial charge < -0.3 is 15.6 Å². The van der Waals surface area contributed by atoms with Crippen molar-refractivity contribution >= 4 is 40.2 Å². The van der Waals surface area contributed by atoms with Gasteiger partial charge in [-0.3, -0.25) is 9.59 Å². The summed E-state index contributed by atoms with van der Waals surface area (Å²) in [7, 11) is 0. The van der Waals surface area contributed by atoms with Crippen molar-refractivity contribution in [2.24, 2.45) is 5.92 Å². The summed E-state index contributed by atoms with van der Waals surface area (Å²) in [6.07, 6.45) is 3.33. The number of hydrogen-bond donors (Lipinski definition) is 3. The topological polar surface area (TPSA) is 99.8 Å². The first-order valence-electron chi connectivity index (χ1n) is 8.83. The van der Waals surface area contributed by atoms with Crippen LogP contribution in [0.3, 0.4) is 0 Å². The van der Waals surface area contributed by atoms with Crippen LogP contribution >= 0.6 is 11.6 Å². The van der Waals surface area contributed by atoms with E-state index in [1.54, 1.807) is 19.1 Å². The highest BCUT2D eigenvalue weighted by Crippen LogP contribution is 2.30. The number of carbonyl (C=O) groups is 1. The molecule has 3 aromatic rings. The fraction of sp³-hybridized carbons (Fsp3) is 0.263. The number of nitrogens with one attached hydrogen (secondary N) is 3. The average Bonchev–Trinajstić information content (AvgIpc) is 3.48. The van der Waals surface area contributed by atoms with Crippen LogP contribution in [0.1, 0.15) is 31.4 Å². The number of hydrogen-bond acceptors (Lipinski definition) is 5. The average molecular weight is 402 g/mol. The number of nitrogens with zero attached hydrogens (tertiary/aromatic N) is 2. The van der Waals surface area contributed by atoms with Crippen molar-refractivity contribution in [2.45, 2.75) is 25.8 Å². The van der Waals surface area contributed by atoms with Gasteiger partial charge >= 0.3 is 0 Å². The third-order valence-corrected chi connectivity index (χ3v) is 4.87. The van der Waals surface area contributed by atoms with Gasteiger partial charge in [0.2, 0.25) is 11.9 Å². The lowest BCUT2D eigenvalue weighted by molar-refractivity contribution is -0.117. The van der Waals surface area contributed by atoms with Crippen LogP contribution in [0, 0.1) is 11.7 Å². The molecule has 2 heterocycles. The van der Waals surface area contributed by atoms with Crippen molar-refractivity contribution in [1.29, 1.82) is 0 Å². The van der Waals surface area contributed by atoms with E-state index >= 15 is 0 Å². The molecule has 0 spiro atoms. The SMILES string of the molecule is C[C@H](Nc1nccc(NC(=O)C2CC2)n1)c1cc2cc(Cl)c(F)cc2[nH]c1=O. The number of H-pyrrole nitrogens is 1. The molecule has 1 fully saturated rings. The van der Waals surface area contributed by atoms with E-state index in [1.807, 2.05) is 0 Å². The van der Waals surface area contributed by atoms with Gasteiger partial charge in [0, 0.05) is 23.1 Å². The lowest BCUT2D eigenvalue weighted by Gasteiger charge is -2.15. The van der Waals surface area contributed by atoms with E-state index < -0.39 is 11.9 Å². The second-order valence-corrected chi connectivity index (χ2v) is 7.21. The highest BCUT2D eigenvalue weighted by atomic mass is 35.5. The smallest absolute Gasteiger partial charge is 0.253 e. The normalized spacial score (nSPS) is 14.7. The van der Waals surface area contributed by atoms with E-state index in [0.29, 0.717) is 22.3 Å². The zero-order valence-electron chi connectivity index (χ0n) is 14.9. The summed E-state index contributed by atoms with van der Waals surface area (Å²) in [5.41, 5.74) is 0.433. The Kier molecular flexibility index (Phi) is 4.72. The van der Waals surface area contributed by atoms with Crippen LogP contribution in [0.25, 0.3) is 10.9 Å². The van der Waals surface area contributed by atoms with Crippen molar-refractivity contribution in [3.8, 4) is 0 Å². The molecule has 0 bridgehead atoms. The van der Waals surface area contributed by atoms with Crippen molar-refractivity contribution in [1.82, 2.24) is 15.0 Å².